The van der Waals surface area contributed by atoms with Crippen LogP contribution in [0.3, 0.4) is 0 Å². The minimum Gasteiger partial charge on any atom is -0.496 e. The van der Waals surface area contributed by atoms with E-state index in [4.69, 9.17) is 9.15 Å². The van der Waals surface area contributed by atoms with Crippen LogP contribution >= 0.6 is 0 Å². The Morgan fingerprint density at radius 2 is 1.95 bits per heavy atom. The lowest BCUT2D eigenvalue weighted by atomic mass is 10.1. The third kappa shape index (κ3) is 2.40. The molecule has 0 radical (unpaired) electrons. The lowest BCUT2D eigenvalue weighted by Gasteiger charge is -2.05. The van der Waals surface area contributed by atoms with Gasteiger partial charge in [-0.05, 0) is 42.8 Å². The molecule has 0 unspecified atom stereocenters. The molecule has 1 aromatic heterocycles. The summed E-state index contributed by atoms with van der Waals surface area (Å²) in [5, 5.41) is 0.567. The molecule has 0 bridgehead atoms. The molecule has 3 aromatic rings. The number of methoxy groups -OCH3 is 1. The summed E-state index contributed by atoms with van der Waals surface area (Å²) in [7, 11) is 1.56. The minimum absolute atomic E-state index is 0.182. The largest absolute Gasteiger partial charge is 0.496 e. The molecule has 0 aliphatic heterocycles. The standard InChI is InChI=1S/C17H13FO3/c1-10-3-4-11(8-15(10)20-2)17(19)16-9-12-7-13(18)5-6-14(12)21-16/h3-9H,1-2H3. The van der Waals surface area contributed by atoms with Crippen molar-refractivity contribution in [2.45, 2.75) is 6.92 Å². The minimum atomic E-state index is -0.362. The second kappa shape index (κ2) is 5.05. The SMILES string of the molecule is COc1cc(C(=O)c2cc3cc(F)ccc3o2)ccc1C. The molecular formula is C17H13FO3. The van der Waals surface area contributed by atoms with Gasteiger partial charge in [-0.25, -0.2) is 4.39 Å². The van der Waals surface area contributed by atoms with Gasteiger partial charge in [0, 0.05) is 10.9 Å². The number of benzene rings is 2. The van der Waals surface area contributed by atoms with Crippen LogP contribution < -0.4 is 4.74 Å². The van der Waals surface area contributed by atoms with Gasteiger partial charge in [0.1, 0.15) is 17.1 Å². The molecule has 0 fully saturated rings. The van der Waals surface area contributed by atoms with Gasteiger partial charge in [0.2, 0.25) is 5.78 Å². The Balaban J connectivity index is 2.03. The Hall–Kier alpha value is -2.62. The topological polar surface area (TPSA) is 39.4 Å². The predicted octanol–water partition coefficient (Wildman–Crippen LogP) is 4.12. The highest BCUT2D eigenvalue weighted by molar-refractivity contribution is 6.09. The van der Waals surface area contributed by atoms with Crippen LogP contribution in [0.2, 0.25) is 0 Å². The Morgan fingerprint density at radius 1 is 1.14 bits per heavy atom. The quantitative estimate of drug-likeness (QED) is 0.679. The summed E-state index contributed by atoms with van der Waals surface area (Å²) >= 11 is 0. The van der Waals surface area contributed by atoms with Gasteiger partial charge in [0.25, 0.3) is 0 Å². The molecule has 0 amide bonds. The van der Waals surface area contributed by atoms with Gasteiger partial charge in [-0.1, -0.05) is 12.1 Å². The number of hydrogen-bond donors (Lipinski definition) is 0. The predicted molar refractivity (Wildman–Crippen MR) is 77.3 cm³/mol. The number of fused-ring (bicyclic) bond motifs is 1. The van der Waals surface area contributed by atoms with Crippen molar-refractivity contribution >= 4 is 16.8 Å². The monoisotopic (exact) mass is 284 g/mol. The highest BCUT2D eigenvalue weighted by atomic mass is 19.1. The van der Waals surface area contributed by atoms with E-state index >= 15 is 0 Å². The van der Waals surface area contributed by atoms with Gasteiger partial charge >= 0.3 is 0 Å². The molecule has 0 atom stereocenters. The highest BCUT2D eigenvalue weighted by Gasteiger charge is 2.16. The van der Waals surface area contributed by atoms with Gasteiger partial charge in [0.05, 0.1) is 7.11 Å². The molecule has 4 heteroatoms. The number of aryl methyl sites for hydroxylation is 1. The smallest absolute Gasteiger partial charge is 0.228 e. The van der Waals surface area contributed by atoms with Gasteiger partial charge < -0.3 is 9.15 Å². The lowest BCUT2D eigenvalue weighted by molar-refractivity contribution is 0.101. The number of ketones is 1. The molecule has 106 valence electrons. The van der Waals surface area contributed by atoms with Crippen LogP contribution in [-0.4, -0.2) is 12.9 Å². The number of carbonyl (C=O) groups excluding carboxylic acids is 1. The molecule has 0 N–H and O–H groups in total. The van der Waals surface area contributed by atoms with Crippen LogP contribution in [0.5, 0.6) is 5.75 Å². The van der Waals surface area contributed by atoms with E-state index in [2.05, 4.69) is 0 Å². The summed E-state index contributed by atoms with van der Waals surface area (Å²) in [4.78, 5) is 12.4. The zero-order valence-electron chi connectivity index (χ0n) is 11.6. The van der Waals surface area contributed by atoms with Crippen molar-refractivity contribution in [3.8, 4) is 5.75 Å². The van der Waals surface area contributed by atoms with E-state index in [0.717, 1.165) is 5.56 Å². The van der Waals surface area contributed by atoms with Gasteiger partial charge in [-0.3, -0.25) is 4.79 Å². The second-order valence-corrected chi connectivity index (χ2v) is 4.81. The number of rotatable bonds is 3. The van der Waals surface area contributed by atoms with Crippen LogP contribution in [0.25, 0.3) is 11.0 Å². The third-order valence-electron chi connectivity index (χ3n) is 3.37. The summed E-state index contributed by atoms with van der Waals surface area (Å²) in [6, 6.07) is 10.9. The van der Waals surface area contributed by atoms with Crippen molar-refractivity contribution < 1.29 is 18.3 Å². The van der Waals surface area contributed by atoms with E-state index in [1.165, 1.54) is 18.2 Å². The van der Waals surface area contributed by atoms with E-state index in [9.17, 15) is 9.18 Å². The molecule has 1 heterocycles. The molecule has 2 aromatic carbocycles. The Bertz CT molecular complexity index is 833. The summed E-state index contributed by atoms with van der Waals surface area (Å²) in [6.45, 7) is 1.90. The average Bonchev–Trinajstić information content (AvgIpc) is 2.90. The maximum absolute atomic E-state index is 13.2. The van der Waals surface area contributed by atoms with Crippen molar-refractivity contribution in [3.63, 3.8) is 0 Å². The van der Waals surface area contributed by atoms with Crippen molar-refractivity contribution in [1.29, 1.82) is 0 Å². The van der Waals surface area contributed by atoms with E-state index in [-0.39, 0.29) is 17.4 Å². The summed E-state index contributed by atoms with van der Waals surface area (Å²) < 4.78 is 23.9. The number of halogens is 1. The number of ether oxygens (including phenoxy) is 1. The van der Waals surface area contributed by atoms with Gasteiger partial charge in [-0.15, -0.1) is 0 Å². The maximum atomic E-state index is 13.2. The first-order valence-electron chi connectivity index (χ1n) is 6.47. The normalized spacial score (nSPS) is 10.8. The summed E-state index contributed by atoms with van der Waals surface area (Å²) in [6.07, 6.45) is 0. The van der Waals surface area contributed by atoms with Crippen LogP contribution in [0.4, 0.5) is 4.39 Å². The van der Waals surface area contributed by atoms with Crippen LogP contribution in [0.1, 0.15) is 21.7 Å². The Kier molecular flexibility index (Phi) is 3.22. The maximum Gasteiger partial charge on any atom is 0.228 e. The molecule has 21 heavy (non-hydrogen) atoms. The molecule has 0 saturated heterocycles. The highest BCUT2D eigenvalue weighted by Crippen LogP contribution is 2.25. The van der Waals surface area contributed by atoms with E-state index in [1.807, 2.05) is 13.0 Å². The van der Waals surface area contributed by atoms with E-state index < -0.39 is 0 Å². The Morgan fingerprint density at radius 3 is 2.71 bits per heavy atom. The zero-order chi connectivity index (χ0) is 15.0. The van der Waals surface area contributed by atoms with E-state index in [1.54, 1.807) is 25.3 Å². The number of hydrogen-bond acceptors (Lipinski definition) is 3. The third-order valence-corrected chi connectivity index (χ3v) is 3.37. The molecule has 0 aliphatic carbocycles. The van der Waals surface area contributed by atoms with Crippen molar-refractivity contribution in [2.75, 3.05) is 7.11 Å². The van der Waals surface area contributed by atoms with E-state index in [0.29, 0.717) is 22.3 Å². The lowest BCUT2D eigenvalue weighted by Crippen LogP contribution is -2.00. The first-order chi connectivity index (χ1) is 10.1. The molecule has 3 nitrogen and oxygen atoms in total. The van der Waals surface area contributed by atoms with Gasteiger partial charge in [0.15, 0.2) is 5.76 Å². The van der Waals surface area contributed by atoms with Crippen LogP contribution in [0.15, 0.2) is 46.9 Å². The molecule has 0 saturated carbocycles. The van der Waals surface area contributed by atoms with Crippen LogP contribution in [-0.2, 0) is 0 Å². The fourth-order valence-corrected chi connectivity index (χ4v) is 2.23. The molecule has 0 aliphatic rings. The fourth-order valence-electron chi connectivity index (χ4n) is 2.23. The zero-order valence-corrected chi connectivity index (χ0v) is 11.6. The number of carbonyl (C=O) groups is 1. The first kappa shape index (κ1) is 13.4. The van der Waals surface area contributed by atoms with Crippen molar-refractivity contribution in [2.24, 2.45) is 0 Å². The summed E-state index contributed by atoms with van der Waals surface area (Å²) in [5.74, 6) is 0.203. The second-order valence-electron chi connectivity index (χ2n) is 4.81. The molecule has 0 spiro atoms. The average molecular weight is 284 g/mol. The first-order valence-corrected chi connectivity index (χ1v) is 6.47. The number of furan rings is 1. The van der Waals surface area contributed by atoms with Crippen LogP contribution in [0, 0.1) is 12.7 Å². The Labute approximate surface area is 120 Å². The van der Waals surface area contributed by atoms with Crippen molar-refractivity contribution in [1.82, 2.24) is 0 Å². The van der Waals surface area contributed by atoms with Crippen molar-refractivity contribution in [3.05, 3.63) is 65.2 Å². The fraction of sp³-hybridized carbons (Fsp3) is 0.118. The van der Waals surface area contributed by atoms with Gasteiger partial charge in [-0.2, -0.15) is 0 Å². The summed E-state index contributed by atoms with van der Waals surface area (Å²) in [5.41, 5.74) is 1.90. The molecular weight excluding hydrogens is 271 g/mol. The molecule has 3 rings (SSSR count).